The Hall–Kier alpha value is -0.610. The normalized spacial score (nSPS) is 22.8. The molecule has 0 saturated carbocycles. The Labute approximate surface area is 75.5 Å². The molecule has 0 bridgehead atoms. The Morgan fingerprint density at radius 1 is 1.75 bits per heavy atom. The second kappa shape index (κ2) is 3.87. The van der Waals surface area contributed by atoms with Crippen LogP contribution >= 0.6 is 11.5 Å². The summed E-state index contributed by atoms with van der Waals surface area (Å²) in [5.41, 5.74) is 0. The first-order valence-electron chi connectivity index (χ1n) is 4.05. The van der Waals surface area contributed by atoms with Crippen molar-refractivity contribution in [1.82, 2.24) is 4.37 Å². The van der Waals surface area contributed by atoms with E-state index in [9.17, 15) is 0 Å². The molecule has 0 radical (unpaired) electrons. The minimum Gasteiger partial charge on any atom is -0.491 e. The van der Waals surface area contributed by atoms with Crippen molar-refractivity contribution < 1.29 is 9.47 Å². The van der Waals surface area contributed by atoms with E-state index in [1.807, 2.05) is 5.38 Å². The van der Waals surface area contributed by atoms with Gasteiger partial charge in [-0.1, -0.05) is 0 Å². The van der Waals surface area contributed by atoms with Gasteiger partial charge in [0.2, 0.25) is 0 Å². The van der Waals surface area contributed by atoms with Crippen LogP contribution in [0.3, 0.4) is 0 Å². The van der Waals surface area contributed by atoms with E-state index in [1.54, 1.807) is 6.20 Å². The van der Waals surface area contributed by atoms with Gasteiger partial charge in [-0.15, -0.1) is 0 Å². The summed E-state index contributed by atoms with van der Waals surface area (Å²) in [5, 5.41) is 1.91. The van der Waals surface area contributed by atoms with Crippen LogP contribution in [0, 0.1) is 5.92 Å². The summed E-state index contributed by atoms with van der Waals surface area (Å²) >= 11 is 1.42. The molecule has 1 unspecified atom stereocenters. The molecule has 1 aliphatic rings. The van der Waals surface area contributed by atoms with Crippen LogP contribution in [0.25, 0.3) is 0 Å². The Bertz CT molecular complexity index is 219. The van der Waals surface area contributed by atoms with Gasteiger partial charge in [0.25, 0.3) is 0 Å². The molecule has 4 heteroatoms. The Kier molecular flexibility index (Phi) is 2.58. The molecule has 0 aliphatic carbocycles. The van der Waals surface area contributed by atoms with E-state index in [1.165, 1.54) is 11.5 Å². The first-order valence-corrected chi connectivity index (χ1v) is 4.89. The van der Waals surface area contributed by atoms with Gasteiger partial charge in [0, 0.05) is 12.5 Å². The van der Waals surface area contributed by atoms with Crippen LogP contribution < -0.4 is 4.74 Å². The predicted octanol–water partition coefficient (Wildman–Crippen LogP) is 1.56. The highest BCUT2D eigenvalue weighted by atomic mass is 32.1. The third kappa shape index (κ3) is 1.95. The van der Waals surface area contributed by atoms with Gasteiger partial charge in [0.05, 0.1) is 24.8 Å². The highest BCUT2D eigenvalue weighted by molar-refractivity contribution is 7.03. The van der Waals surface area contributed by atoms with Gasteiger partial charge < -0.3 is 9.47 Å². The van der Waals surface area contributed by atoms with Gasteiger partial charge in [-0.05, 0) is 18.0 Å². The maximum atomic E-state index is 5.50. The standard InChI is InChI=1S/C8H11NO2S/c1-2-10-4-7(1)5-11-8-3-9-12-6-8/h3,6-7H,1-2,4-5H2. The fourth-order valence-corrected chi connectivity index (χ4v) is 1.65. The van der Waals surface area contributed by atoms with Crippen molar-refractivity contribution in [2.75, 3.05) is 19.8 Å². The molecule has 1 aliphatic heterocycles. The Balaban J connectivity index is 1.74. The fraction of sp³-hybridized carbons (Fsp3) is 0.625. The molecule has 0 amide bonds. The molecule has 1 aromatic rings. The molecule has 12 heavy (non-hydrogen) atoms. The smallest absolute Gasteiger partial charge is 0.150 e. The zero-order valence-electron chi connectivity index (χ0n) is 6.73. The average Bonchev–Trinajstić information content (AvgIpc) is 2.74. The van der Waals surface area contributed by atoms with Crippen LogP contribution in [-0.4, -0.2) is 24.2 Å². The third-order valence-electron chi connectivity index (χ3n) is 1.92. The highest BCUT2D eigenvalue weighted by Gasteiger charge is 2.16. The molecule has 1 saturated heterocycles. The Morgan fingerprint density at radius 3 is 3.42 bits per heavy atom. The van der Waals surface area contributed by atoms with E-state index in [4.69, 9.17) is 9.47 Å². The second-order valence-electron chi connectivity index (χ2n) is 2.90. The average molecular weight is 185 g/mol. The van der Waals surface area contributed by atoms with Crippen LogP contribution in [-0.2, 0) is 4.74 Å². The summed E-state index contributed by atoms with van der Waals surface area (Å²) in [6.45, 7) is 2.49. The number of rotatable bonds is 3. The van der Waals surface area contributed by atoms with Crippen molar-refractivity contribution in [3.05, 3.63) is 11.6 Å². The van der Waals surface area contributed by atoms with E-state index in [2.05, 4.69) is 4.37 Å². The quantitative estimate of drug-likeness (QED) is 0.716. The van der Waals surface area contributed by atoms with Crippen LogP contribution in [0.2, 0.25) is 0 Å². The Morgan fingerprint density at radius 2 is 2.75 bits per heavy atom. The summed E-state index contributed by atoms with van der Waals surface area (Å²) < 4.78 is 14.7. The van der Waals surface area contributed by atoms with E-state index >= 15 is 0 Å². The number of aromatic nitrogens is 1. The molecule has 3 nitrogen and oxygen atoms in total. The molecular weight excluding hydrogens is 174 g/mol. The summed E-state index contributed by atoms with van der Waals surface area (Å²) in [7, 11) is 0. The molecule has 1 aromatic heterocycles. The van der Waals surface area contributed by atoms with Gasteiger partial charge in [-0.3, -0.25) is 0 Å². The molecule has 2 heterocycles. The lowest BCUT2D eigenvalue weighted by atomic mass is 10.1. The zero-order chi connectivity index (χ0) is 8.23. The monoisotopic (exact) mass is 185 g/mol. The first kappa shape index (κ1) is 8.01. The number of hydrogen-bond donors (Lipinski definition) is 0. The summed E-state index contributed by atoms with van der Waals surface area (Å²) in [5.74, 6) is 1.46. The lowest BCUT2D eigenvalue weighted by Crippen LogP contribution is -2.11. The minimum atomic E-state index is 0.574. The first-order chi connectivity index (χ1) is 5.95. The van der Waals surface area contributed by atoms with E-state index in [0.29, 0.717) is 5.92 Å². The zero-order valence-corrected chi connectivity index (χ0v) is 7.55. The molecule has 0 N–H and O–H groups in total. The highest BCUT2D eigenvalue weighted by Crippen LogP contribution is 2.16. The summed E-state index contributed by atoms with van der Waals surface area (Å²) in [6.07, 6.45) is 2.87. The molecule has 0 aromatic carbocycles. The van der Waals surface area contributed by atoms with Crippen molar-refractivity contribution >= 4 is 11.5 Å². The number of nitrogens with zero attached hydrogens (tertiary/aromatic N) is 1. The maximum Gasteiger partial charge on any atom is 0.150 e. The summed E-state index contributed by atoms with van der Waals surface area (Å²) in [6, 6.07) is 0. The fourth-order valence-electron chi connectivity index (χ4n) is 1.20. The minimum absolute atomic E-state index is 0.574. The molecule has 2 rings (SSSR count). The van der Waals surface area contributed by atoms with Crippen molar-refractivity contribution in [2.45, 2.75) is 6.42 Å². The molecule has 1 fully saturated rings. The van der Waals surface area contributed by atoms with Crippen LogP contribution in [0.4, 0.5) is 0 Å². The number of ether oxygens (including phenoxy) is 2. The molecular formula is C8H11NO2S. The maximum absolute atomic E-state index is 5.50. The van der Waals surface area contributed by atoms with Crippen molar-refractivity contribution in [1.29, 1.82) is 0 Å². The van der Waals surface area contributed by atoms with Gasteiger partial charge in [-0.2, -0.15) is 4.37 Å². The lowest BCUT2D eigenvalue weighted by Gasteiger charge is -2.07. The van der Waals surface area contributed by atoms with Crippen LogP contribution in [0.5, 0.6) is 5.75 Å². The molecule has 66 valence electrons. The van der Waals surface area contributed by atoms with Crippen LogP contribution in [0.1, 0.15) is 6.42 Å². The van der Waals surface area contributed by atoms with Gasteiger partial charge in [0.15, 0.2) is 0 Å². The van der Waals surface area contributed by atoms with Crippen molar-refractivity contribution in [3.8, 4) is 5.75 Å². The number of hydrogen-bond acceptors (Lipinski definition) is 4. The van der Waals surface area contributed by atoms with Gasteiger partial charge >= 0.3 is 0 Å². The third-order valence-corrected chi connectivity index (χ3v) is 2.48. The summed E-state index contributed by atoms with van der Waals surface area (Å²) in [4.78, 5) is 0. The molecule has 1 atom stereocenters. The predicted molar refractivity (Wildman–Crippen MR) is 46.5 cm³/mol. The molecule has 0 spiro atoms. The van der Waals surface area contributed by atoms with Gasteiger partial charge in [0.1, 0.15) is 5.75 Å². The lowest BCUT2D eigenvalue weighted by molar-refractivity contribution is 0.167. The largest absolute Gasteiger partial charge is 0.491 e. The second-order valence-corrected chi connectivity index (χ2v) is 3.56. The van der Waals surface area contributed by atoms with E-state index < -0.39 is 0 Å². The van der Waals surface area contributed by atoms with Crippen molar-refractivity contribution in [3.63, 3.8) is 0 Å². The van der Waals surface area contributed by atoms with Crippen molar-refractivity contribution in [2.24, 2.45) is 5.92 Å². The SMILES string of the molecule is c1nscc1OCC1CCOC1. The van der Waals surface area contributed by atoms with Crippen LogP contribution in [0.15, 0.2) is 11.6 Å². The van der Waals surface area contributed by atoms with Gasteiger partial charge in [-0.25, -0.2) is 0 Å². The topological polar surface area (TPSA) is 31.4 Å². The van der Waals surface area contributed by atoms with E-state index in [-0.39, 0.29) is 0 Å². The van der Waals surface area contributed by atoms with E-state index in [0.717, 1.165) is 32.0 Å².